The van der Waals surface area contributed by atoms with E-state index in [4.69, 9.17) is 1.34 Å². The van der Waals surface area contributed by atoms with Gasteiger partial charge in [-0.15, -0.1) is 22.7 Å². The Labute approximate surface area is 364 Å². The molecule has 59 heavy (non-hydrogen) atoms. The van der Waals surface area contributed by atoms with Crippen LogP contribution < -0.4 is 0 Å². The summed E-state index contributed by atoms with van der Waals surface area (Å²) in [6.07, 6.45) is 0. The Bertz CT molecular complexity index is 3480. The average Bonchev–Trinajstić information content (AvgIpc) is 4.11. The van der Waals surface area contributed by atoms with E-state index in [1.807, 2.05) is 22.7 Å². The molecule has 0 saturated heterocycles. The Morgan fingerprint density at radius 3 is 1.05 bits per heavy atom. The van der Waals surface area contributed by atoms with Gasteiger partial charge in [0.2, 0.25) is 0 Å². The number of hydrogen-bond acceptors (Lipinski definition) is 2. The van der Waals surface area contributed by atoms with Gasteiger partial charge in [-0.05, 0) is 78.1 Å². The quantitative estimate of drug-likeness (QED) is 0.0808. The Morgan fingerprint density at radius 2 is 0.678 bits per heavy atom. The van der Waals surface area contributed by atoms with Crippen LogP contribution in [0.1, 0.15) is 7.43 Å². The molecule has 0 spiro atoms. The Balaban J connectivity index is 0.0000000982. The number of fused-ring (bicyclic) bond motifs is 6. The second-order valence-corrected chi connectivity index (χ2v) is 20.4. The number of benzene rings is 11. The van der Waals surface area contributed by atoms with Crippen LogP contribution in [0.15, 0.2) is 166 Å². The van der Waals surface area contributed by atoms with Crippen molar-refractivity contribution >= 4 is 193 Å². The minimum atomic E-state index is 0. The molecule has 0 atom stereocenters. The molecule has 0 aliphatic carbocycles. The van der Waals surface area contributed by atoms with E-state index in [0.29, 0.717) is 29.0 Å². The Hall–Kier alpha value is -5.15. The van der Waals surface area contributed by atoms with E-state index in [1.54, 1.807) is 8.52 Å². The number of hydrogen-bond donors (Lipinski definition) is 0. The predicted molar refractivity (Wildman–Crippen MR) is 272 cm³/mol. The van der Waals surface area contributed by atoms with Crippen molar-refractivity contribution in [2.75, 3.05) is 0 Å². The van der Waals surface area contributed by atoms with Crippen LogP contribution in [0, 0.1) is 0 Å². The molecular formula is C53H33B2S2Se2. The molecule has 15 aromatic rings. The van der Waals surface area contributed by atoms with Crippen molar-refractivity contribution in [3.8, 4) is 0 Å². The standard InChI is InChI=1S/C20H12.C16H8S2.C16H8Se2.CH4.B2H/c1-5-13-6-2-11-17-18-12-4-8-14-7-3-10-16(20(14)18)15(9-1)19(13)17;2*1-3-9-11-7-18-14-6-2-4-10(16(11)14)12-8-17-13(5-1)15(9)12;;1-2/h1-12H;2*1-8H;1H4;1H/i;;;;1T. The molecule has 11 aromatic carbocycles. The van der Waals surface area contributed by atoms with Gasteiger partial charge >= 0.3 is 116 Å². The first-order chi connectivity index (χ1) is 29.2. The topological polar surface area (TPSA) is 0 Å². The van der Waals surface area contributed by atoms with Crippen LogP contribution in [-0.4, -0.2) is 45.8 Å². The van der Waals surface area contributed by atoms with E-state index in [-0.39, 0.29) is 7.43 Å². The van der Waals surface area contributed by atoms with Gasteiger partial charge in [0, 0.05) is 46.4 Å². The maximum absolute atomic E-state index is 5.86. The molecule has 0 unspecified atom stereocenters. The van der Waals surface area contributed by atoms with Crippen molar-refractivity contribution in [3.63, 3.8) is 0 Å². The van der Waals surface area contributed by atoms with Gasteiger partial charge < -0.3 is 0 Å². The minimum Gasteiger partial charge on any atom is -0.143 e. The third-order valence-corrected chi connectivity index (χ3v) is 17.8. The third kappa shape index (κ3) is 5.42. The second kappa shape index (κ2) is 14.5. The predicted octanol–water partition coefficient (Wildman–Crippen LogP) is 15.1. The normalized spacial score (nSPS) is 11.9. The van der Waals surface area contributed by atoms with Crippen molar-refractivity contribution in [2.24, 2.45) is 0 Å². The molecule has 6 heteroatoms. The van der Waals surface area contributed by atoms with Gasteiger partial charge in [0.1, 0.15) is 0 Å². The van der Waals surface area contributed by atoms with Gasteiger partial charge in [-0.2, -0.15) is 0 Å². The molecule has 15 rings (SSSR count). The van der Waals surface area contributed by atoms with Crippen LogP contribution in [0.2, 0.25) is 0 Å². The second-order valence-electron chi connectivity index (χ2n) is 14.7. The SMILES string of the molecule is C.[3H][B][B].c1cc2[se]cc3c4cccc5[se]cc(c(c1)c23)c54.c1cc2cccc3c4cccc5cccc(c(c1)c23)c54.c1cc2scc3c4cccc5scc(c(c1)c23)c54. The zero-order chi connectivity index (χ0) is 39.2. The summed E-state index contributed by atoms with van der Waals surface area (Å²) in [5, 5.41) is 33.1. The summed E-state index contributed by atoms with van der Waals surface area (Å²) in [5.74, 6) is 0. The number of thiophene rings is 2. The molecule has 0 nitrogen and oxygen atoms in total. The zero-order valence-corrected chi connectivity index (χ0v) is 36.0. The third-order valence-electron chi connectivity index (χ3n) is 11.9. The Kier molecular flexibility index (Phi) is 8.81. The largest absolute Gasteiger partial charge is 0.143 e. The van der Waals surface area contributed by atoms with Gasteiger partial charge in [0.15, 0.2) is 0 Å². The fourth-order valence-corrected chi connectivity index (χ4v) is 15.7. The molecule has 0 N–H and O–H groups in total. The van der Waals surface area contributed by atoms with E-state index in [0.717, 1.165) is 7.70 Å². The van der Waals surface area contributed by atoms with E-state index in [2.05, 4.69) is 174 Å². The Morgan fingerprint density at radius 1 is 0.373 bits per heavy atom. The van der Waals surface area contributed by atoms with Crippen LogP contribution in [0.5, 0.6) is 0 Å². The summed E-state index contributed by atoms with van der Waals surface area (Å²) in [5.41, 5.74) is 0. The minimum absolute atomic E-state index is 0. The first kappa shape index (κ1) is 35.8. The molecule has 4 heterocycles. The molecule has 0 bridgehead atoms. The van der Waals surface area contributed by atoms with E-state index >= 15 is 0 Å². The fourth-order valence-electron chi connectivity index (χ4n) is 9.62. The summed E-state index contributed by atoms with van der Waals surface area (Å²) in [6.45, 7) is 0. The van der Waals surface area contributed by atoms with Gasteiger partial charge in [-0.1, -0.05) is 104 Å². The van der Waals surface area contributed by atoms with Crippen LogP contribution in [0.3, 0.4) is 0 Å². The number of rotatable bonds is 0. The van der Waals surface area contributed by atoms with Crippen molar-refractivity contribution in [1.82, 2.24) is 0 Å². The summed E-state index contributed by atoms with van der Waals surface area (Å²) in [4.78, 5) is 4.94. The van der Waals surface area contributed by atoms with E-state index in [1.165, 1.54) is 117 Å². The molecule has 0 amide bonds. The van der Waals surface area contributed by atoms with Gasteiger partial charge in [-0.3, -0.25) is 0 Å². The maximum Gasteiger partial charge on any atom is 0.0355 e. The van der Waals surface area contributed by atoms with Gasteiger partial charge in [-0.25, -0.2) is 0 Å². The molecular weight excluding hydrogens is 880 g/mol. The van der Waals surface area contributed by atoms with Crippen LogP contribution in [0.25, 0.3) is 126 Å². The van der Waals surface area contributed by atoms with Gasteiger partial charge in [0.05, 0.1) is 0 Å². The van der Waals surface area contributed by atoms with Crippen molar-refractivity contribution in [3.05, 3.63) is 166 Å². The summed E-state index contributed by atoms with van der Waals surface area (Å²) in [7, 11) is 5.14. The van der Waals surface area contributed by atoms with E-state index < -0.39 is 0 Å². The molecule has 3 radical (unpaired) electrons. The van der Waals surface area contributed by atoms with Crippen LogP contribution in [-0.2, 0) is 0 Å². The molecule has 0 fully saturated rings. The summed E-state index contributed by atoms with van der Waals surface area (Å²) >= 11 is 4.75. The fraction of sp³-hybridized carbons (Fsp3) is 0.0189. The molecule has 0 saturated carbocycles. The molecule has 275 valence electrons. The van der Waals surface area contributed by atoms with Crippen molar-refractivity contribution < 1.29 is 0 Å². The summed E-state index contributed by atoms with van der Waals surface area (Å²) < 4.78 is 11.8. The van der Waals surface area contributed by atoms with Crippen LogP contribution in [0.4, 0.5) is 0 Å². The van der Waals surface area contributed by atoms with Crippen LogP contribution >= 0.6 is 22.7 Å². The molecule has 0 aliphatic rings. The van der Waals surface area contributed by atoms with Crippen molar-refractivity contribution in [2.45, 2.75) is 7.43 Å². The first-order valence-corrected chi connectivity index (χ1v) is 24.6. The van der Waals surface area contributed by atoms with Crippen molar-refractivity contribution in [1.29, 1.82) is 1.34 Å². The average molecular weight is 916 g/mol. The maximum atomic E-state index is 5.86. The zero-order valence-electron chi connectivity index (χ0n) is 32.0. The first-order valence-electron chi connectivity index (χ1n) is 19.8. The van der Waals surface area contributed by atoms with Gasteiger partial charge in [0.25, 0.3) is 0 Å². The van der Waals surface area contributed by atoms with E-state index in [9.17, 15) is 0 Å². The molecule has 0 aliphatic heterocycles. The monoisotopic (exact) mass is 917 g/mol. The smallest absolute Gasteiger partial charge is 0.0355 e. The summed E-state index contributed by atoms with van der Waals surface area (Å²) in [6, 6.07) is 53.5. The molecule has 4 aromatic heterocycles.